The van der Waals surface area contributed by atoms with Crippen molar-refractivity contribution in [1.29, 1.82) is 0 Å². The molecule has 4 heteroatoms. The summed E-state index contributed by atoms with van der Waals surface area (Å²) in [6, 6.07) is 86.9. The Morgan fingerprint density at radius 3 is 1.67 bits per heavy atom. The number of hydrogen-bond donors (Lipinski definition) is 0. The molecule has 0 fully saturated rings. The third-order valence-electron chi connectivity index (χ3n) is 15.7. The third-order valence-corrected chi connectivity index (χ3v) is 15.7. The second-order valence-electron chi connectivity index (χ2n) is 19.7. The summed E-state index contributed by atoms with van der Waals surface area (Å²) in [5.41, 5.74) is 15.7. The third kappa shape index (κ3) is 7.12. The van der Waals surface area contributed by atoms with Gasteiger partial charge in [0.1, 0.15) is 0 Å². The lowest BCUT2D eigenvalue weighted by Gasteiger charge is -2.40. The molecule has 0 amide bonds. The van der Waals surface area contributed by atoms with Gasteiger partial charge < -0.3 is 19.3 Å². The van der Waals surface area contributed by atoms with Gasteiger partial charge in [0, 0.05) is 73.2 Å². The second-order valence-corrected chi connectivity index (χ2v) is 19.7. The molecule has 0 saturated heterocycles. The van der Waals surface area contributed by atoms with Crippen molar-refractivity contribution in [3.8, 4) is 16.8 Å². The van der Waals surface area contributed by atoms with Crippen molar-refractivity contribution in [3.05, 3.63) is 284 Å². The topological polar surface area (TPSA) is 14.7 Å². The van der Waals surface area contributed by atoms with Crippen LogP contribution in [0.3, 0.4) is 0 Å². The SMILES string of the molecule is CC1C2=C(C=CC1N(c1ccc(-c3ccc(N(c4ccc5c(c4)c4ccccc4n5-c4ccccc4)c4cccc5ccccc45)cc3)cc1)c1cccc3ccccc13)N(c1ccccc1)C1C=CC=CC21. The largest absolute Gasteiger partial charge is 0.334 e. The lowest BCUT2D eigenvalue weighted by atomic mass is 9.78. The summed E-state index contributed by atoms with van der Waals surface area (Å²) in [7, 11) is 0. The van der Waals surface area contributed by atoms with Crippen LogP contribution in [0.15, 0.2) is 284 Å². The Morgan fingerprint density at radius 1 is 0.411 bits per heavy atom. The van der Waals surface area contributed by atoms with Gasteiger partial charge in [-0.3, -0.25) is 0 Å². The van der Waals surface area contributed by atoms with Crippen LogP contribution in [0.5, 0.6) is 0 Å². The Labute approximate surface area is 426 Å². The van der Waals surface area contributed by atoms with Crippen molar-refractivity contribution < 1.29 is 0 Å². The quantitative estimate of drug-likeness (QED) is 0.143. The molecule has 10 aromatic carbocycles. The Bertz CT molecular complexity index is 4000. The van der Waals surface area contributed by atoms with E-state index in [0.29, 0.717) is 5.92 Å². The molecule has 348 valence electrons. The number of hydrogen-bond acceptors (Lipinski definition) is 3. The standard InChI is InChI=1S/C69H52N4/c1-47-62(44-45-68-69(47)60-29-13-15-31-66(60)73(68)53-24-6-3-7-25-53)71(64-33-17-21-51-19-9-11-27-58(51)64)55-40-36-49(37-41-55)48-34-38-54(39-35-48)70(63-32-16-20-50-18-8-10-26-57(50)63)56-42-43-67-61(46-56)59-28-12-14-30-65(59)72(67)52-22-4-2-5-23-52/h2-47,60,62,66H,1H3. The van der Waals surface area contributed by atoms with E-state index in [0.717, 1.165) is 22.7 Å². The van der Waals surface area contributed by atoms with Crippen LogP contribution >= 0.6 is 0 Å². The Kier molecular flexibility index (Phi) is 10.3. The molecule has 2 heterocycles. The molecule has 1 aliphatic heterocycles. The van der Waals surface area contributed by atoms with E-state index in [2.05, 4.69) is 299 Å². The fourth-order valence-electron chi connectivity index (χ4n) is 12.4. The van der Waals surface area contributed by atoms with Gasteiger partial charge in [0.15, 0.2) is 0 Å². The summed E-state index contributed by atoms with van der Waals surface area (Å²) < 4.78 is 2.38. The summed E-state index contributed by atoms with van der Waals surface area (Å²) in [4.78, 5) is 7.58. The molecule has 11 aromatic rings. The van der Waals surface area contributed by atoms with Crippen LogP contribution in [0.2, 0.25) is 0 Å². The lowest BCUT2D eigenvalue weighted by molar-refractivity contribution is 0.525. The maximum atomic E-state index is 2.60. The first-order valence-electron chi connectivity index (χ1n) is 25.6. The van der Waals surface area contributed by atoms with Crippen molar-refractivity contribution in [3.63, 3.8) is 0 Å². The van der Waals surface area contributed by atoms with Gasteiger partial charge in [-0.1, -0.05) is 189 Å². The molecule has 4 unspecified atom stereocenters. The molecule has 14 rings (SSSR count). The minimum atomic E-state index is 0.0829. The van der Waals surface area contributed by atoms with Gasteiger partial charge in [-0.05, 0) is 118 Å². The maximum Gasteiger partial charge on any atom is 0.0626 e. The Balaban J connectivity index is 0.842. The molecule has 0 bridgehead atoms. The smallest absolute Gasteiger partial charge is 0.0626 e. The molecule has 73 heavy (non-hydrogen) atoms. The van der Waals surface area contributed by atoms with Crippen molar-refractivity contribution in [1.82, 2.24) is 4.57 Å². The van der Waals surface area contributed by atoms with Crippen LogP contribution in [0, 0.1) is 11.8 Å². The minimum absolute atomic E-state index is 0.0829. The first-order chi connectivity index (χ1) is 36.2. The van der Waals surface area contributed by atoms with E-state index in [-0.39, 0.29) is 18.0 Å². The van der Waals surface area contributed by atoms with Gasteiger partial charge in [0.25, 0.3) is 0 Å². The van der Waals surface area contributed by atoms with Gasteiger partial charge in [-0.25, -0.2) is 0 Å². The predicted molar refractivity (Wildman–Crippen MR) is 308 cm³/mol. The van der Waals surface area contributed by atoms with Gasteiger partial charge in [0.2, 0.25) is 0 Å². The van der Waals surface area contributed by atoms with Crippen molar-refractivity contribution in [2.75, 3.05) is 14.7 Å². The zero-order valence-corrected chi connectivity index (χ0v) is 40.6. The molecule has 0 radical (unpaired) electrons. The van der Waals surface area contributed by atoms with E-state index in [4.69, 9.17) is 0 Å². The number of fused-ring (bicyclic) bond motifs is 7. The molecule has 0 N–H and O–H groups in total. The van der Waals surface area contributed by atoms with Gasteiger partial charge in [0.05, 0.1) is 28.8 Å². The number of para-hydroxylation sites is 3. The number of benzene rings is 10. The van der Waals surface area contributed by atoms with Crippen molar-refractivity contribution in [2.24, 2.45) is 11.8 Å². The fraction of sp³-hybridized carbons (Fsp3) is 0.0725. The maximum absolute atomic E-state index is 2.60. The first-order valence-corrected chi connectivity index (χ1v) is 25.6. The van der Waals surface area contributed by atoms with Crippen LogP contribution in [0.1, 0.15) is 6.92 Å². The average Bonchev–Trinajstić information content (AvgIpc) is 4.00. The number of aromatic nitrogens is 1. The number of nitrogens with zero attached hydrogens (tertiary/aromatic N) is 4. The average molecular weight is 937 g/mol. The molecule has 4 nitrogen and oxygen atoms in total. The Morgan fingerprint density at radius 2 is 0.959 bits per heavy atom. The molecule has 1 aromatic heterocycles. The van der Waals surface area contributed by atoms with E-state index >= 15 is 0 Å². The number of allylic oxidation sites excluding steroid dienone is 3. The predicted octanol–water partition coefficient (Wildman–Crippen LogP) is 17.8. The summed E-state index contributed by atoms with van der Waals surface area (Å²) >= 11 is 0. The highest BCUT2D eigenvalue weighted by Gasteiger charge is 2.45. The first kappa shape index (κ1) is 42.7. The summed E-state index contributed by atoms with van der Waals surface area (Å²) in [5, 5.41) is 7.35. The monoisotopic (exact) mass is 936 g/mol. The highest BCUT2D eigenvalue weighted by Crippen LogP contribution is 2.50. The second kappa shape index (κ2) is 17.6. The normalized spacial score (nSPS) is 18.0. The van der Waals surface area contributed by atoms with Crippen molar-refractivity contribution >= 4 is 77.5 Å². The lowest BCUT2D eigenvalue weighted by Crippen LogP contribution is -2.38. The summed E-state index contributed by atoms with van der Waals surface area (Å²) in [6.45, 7) is 2.44. The molecule has 3 aliphatic rings. The van der Waals surface area contributed by atoms with Crippen LogP contribution in [0.4, 0.5) is 34.1 Å². The number of rotatable bonds is 9. The van der Waals surface area contributed by atoms with Crippen LogP contribution in [-0.2, 0) is 0 Å². The summed E-state index contributed by atoms with van der Waals surface area (Å²) in [5.74, 6) is 0.528. The van der Waals surface area contributed by atoms with Gasteiger partial charge in [-0.2, -0.15) is 0 Å². The minimum Gasteiger partial charge on any atom is -0.334 e. The van der Waals surface area contributed by atoms with E-state index in [9.17, 15) is 0 Å². The molecular weight excluding hydrogens is 885 g/mol. The van der Waals surface area contributed by atoms with Gasteiger partial charge >= 0.3 is 0 Å². The summed E-state index contributed by atoms with van der Waals surface area (Å²) in [6.07, 6.45) is 14.1. The van der Waals surface area contributed by atoms with Crippen molar-refractivity contribution in [2.45, 2.75) is 19.0 Å². The highest BCUT2D eigenvalue weighted by molar-refractivity contribution is 6.11. The van der Waals surface area contributed by atoms with Crippen LogP contribution < -0.4 is 14.7 Å². The molecular formula is C69H52N4. The van der Waals surface area contributed by atoms with Crippen LogP contribution in [0.25, 0.3) is 60.2 Å². The zero-order chi connectivity index (χ0) is 48.4. The molecule has 4 atom stereocenters. The van der Waals surface area contributed by atoms with E-state index in [1.165, 1.54) is 82.8 Å². The molecule has 2 aliphatic carbocycles. The molecule has 0 saturated carbocycles. The molecule has 0 spiro atoms. The van der Waals surface area contributed by atoms with E-state index in [1.54, 1.807) is 0 Å². The highest BCUT2D eigenvalue weighted by atomic mass is 15.2. The zero-order valence-electron chi connectivity index (χ0n) is 40.6. The number of anilines is 6. The van der Waals surface area contributed by atoms with E-state index < -0.39 is 0 Å². The van der Waals surface area contributed by atoms with Gasteiger partial charge in [-0.15, -0.1) is 0 Å². The van der Waals surface area contributed by atoms with E-state index in [1.807, 2.05) is 0 Å². The fourth-order valence-corrected chi connectivity index (χ4v) is 12.4. The Hall–Kier alpha value is -9.12. The van der Waals surface area contributed by atoms with Crippen LogP contribution in [-0.4, -0.2) is 16.7 Å².